The summed E-state index contributed by atoms with van der Waals surface area (Å²) in [6.07, 6.45) is 1.43. The molecule has 3 rings (SSSR count). The van der Waals surface area contributed by atoms with Crippen LogP contribution in [0.2, 0.25) is 0 Å². The number of rotatable bonds is 5. The summed E-state index contributed by atoms with van der Waals surface area (Å²) in [6, 6.07) is 5.23. The Morgan fingerprint density at radius 3 is 2.52 bits per heavy atom. The molecular formula is C17H19N5O5. The molecule has 2 heterocycles. The summed E-state index contributed by atoms with van der Waals surface area (Å²) in [4.78, 5) is 37.2. The highest BCUT2D eigenvalue weighted by Crippen LogP contribution is 2.20. The minimum atomic E-state index is -0.536. The maximum Gasteiger partial charge on any atom is 0.274 e. The van der Waals surface area contributed by atoms with Crippen LogP contribution in [0.1, 0.15) is 27.8 Å². The van der Waals surface area contributed by atoms with Crippen molar-refractivity contribution >= 4 is 23.2 Å². The van der Waals surface area contributed by atoms with E-state index in [1.165, 1.54) is 35.1 Å². The Hall–Kier alpha value is -3.27. The first-order chi connectivity index (χ1) is 13.0. The number of nitrogens with zero attached hydrogens (tertiary/aromatic N) is 4. The van der Waals surface area contributed by atoms with E-state index < -0.39 is 10.8 Å². The Bertz CT molecular complexity index is 855. The smallest absolute Gasteiger partial charge is 0.274 e. The SMILES string of the molecule is CCn1ncc(NC(=O)c2ccc([N+](=O)[O-])cc2)c1C(=O)N1CCOCC1. The maximum absolute atomic E-state index is 12.9. The standard InChI is InChI=1S/C17H19N5O5/c1-2-21-15(17(24)20-7-9-27-10-8-20)14(11-18-21)19-16(23)12-3-5-13(6-4-12)22(25)26/h3-6,11H,2,7-10H2,1H3,(H,19,23). The number of nitrogens with one attached hydrogen (secondary N) is 1. The molecule has 27 heavy (non-hydrogen) atoms. The number of aromatic nitrogens is 2. The quantitative estimate of drug-likeness (QED) is 0.627. The molecule has 0 aliphatic carbocycles. The molecule has 0 unspecified atom stereocenters. The van der Waals surface area contributed by atoms with Crippen LogP contribution < -0.4 is 5.32 Å². The van der Waals surface area contributed by atoms with Gasteiger partial charge in [0.2, 0.25) is 0 Å². The van der Waals surface area contributed by atoms with Gasteiger partial charge >= 0.3 is 0 Å². The van der Waals surface area contributed by atoms with Crippen molar-refractivity contribution < 1.29 is 19.2 Å². The van der Waals surface area contributed by atoms with Crippen molar-refractivity contribution in [3.05, 3.63) is 51.8 Å². The van der Waals surface area contributed by atoms with Gasteiger partial charge in [-0.3, -0.25) is 24.4 Å². The normalized spacial score (nSPS) is 14.0. The van der Waals surface area contributed by atoms with Crippen molar-refractivity contribution in [3.63, 3.8) is 0 Å². The first-order valence-electron chi connectivity index (χ1n) is 8.50. The zero-order valence-corrected chi connectivity index (χ0v) is 14.8. The lowest BCUT2D eigenvalue weighted by Crippen LogP contribution is -2.41. The lowest BCUT2D eigenvalue weighted by atomic mass is 10.2. The summed E-state index contributed by atoms with van der Waals surface area (Å²) in [5.74, 6) is -0.701. The Morgan fingerprint density at radius 1 is 1.26 bits per heavy atom. The van der Waals surface area contributed by atoms with Crippen molar-refractivity contribution in [1.29, 1.82) is 0 Å². The molecular weight excluding hydrogens is 354 g/mol. The second-order valence-corrected chi connectivity index (χ2v) is 5.89. The third-order valence-corrected chi connectivity index (χ3v) is 4.23. The fourth-order valence-electron chi connectivity index (χ4n) is 2.79. The van der Waals surface area contributed by atoms with Crippen LogP contribution in [0.5, 0.6) is 0 Å². The monoisotopic (exact) mass is 373 g/mol. The Balaban J connectivity index is 1.82. The topological polar surface area (TPSA) is 120 Å². The predicted octanol–water partition coefficient (Wildman–Crippen LogP) is 1.54. The molecule has 1 N–H and O–H groups in total. The lowest BCUT2D eigenvalue weighted by Gasteiger charge is -2.27. The van der Waals surface area contributed by atoms with Gasteiger partial charge in [0.1, 0.15) is 5.69 Å². The molecule has 10 nitrogen and oxygen atoms in total. The number of anilines is 1. The average Bonchev–Trinajstić information content (AvgIpc) is 3.10. The number of aryl methyl sites for hydroxylation is 1. The highest BCUT2D eigenvalue weighted by molar-refractivity contribution is 6.08. The molecule has 2 aromatic rings. The summed E-state index contributed by atoms with van der Waals surface area (Å²) >= 11 is 0. The number of carbonyl (C=O) groups excluding carboxylic acids is 2. The van der Waals surface area contributed by atoms with E-state index in [0.29, 0.717) is 44.2 Å². The number of non-ortho nitro benzene ring substituents is 1. The maximum atomic E-state index is 12.9. The molecule has 1 aromatic carbocycles. The molecule has 1 aliphatic rings. The van der Waals surface area contributed by atoms with Crippen LogP contribution in [0.3, 0.4) is 0 Å². The molecule has 0 spiro atoms. The van der Waals surface area contributed by atoms with Crippen molar-refractivity contribution in [2.75, 3.05) is 31.6 Å². The summed E-state index contributed by atoms with van der Waals surface area (Å²) in [7, 11) is 0. The molecule has 1 aromatic heterocycles. The number of nitro groups is 1. The predicted molar refractivity (Wildman–Crippen MR) is 95.7 cm³/mol. The van der Waals surface area contributed by atoms with Crippen molar-refractivity contribution in [2.24, 2.45) is 0 Å². The fourth-order valence-corrected chi connectivity index (χ4v) is 2.79. The molecule has 2 amide bonds. The van der Waals surface area contributed by atoms with E-state index in [0.717, 1.165) is 0 Å². The van der Waals surface area contributed by atoms with Crippen LogP contribution in [-0.2, 0) is 11.3 Å². The summed E-state index contributed by atoms with van der Waals surface area (Å²) < 4.78 is 6.80. The number of hydrogen-bond acceptors (Lipinski definition) is 6. The van der Waals surface area contributed by atoms with E-state index in [9.17, 15) is 19.7 Å². The molecule has 0 saturated carbocycles. The highest BCUT2D eigenvalue weighted by atomic mass is 16.6. The fraction of sp³-hybridized carbons (Fsp3) is 0.353. The second kappa shape index (κ2) is 7.96. The molecule has 142 valence electrons. The Morgan fingerprint density at radius 2 is 1.93 bits per heavy atom. The zero-order valence-electron chi connectivity index (χ0n) is 14.8. The van der Waals surface area contributed by atoms with Gasteiger partial charge in [0.25, 0.3) is 17.5 Å². The molecule has 10 heteroatoms. The molecule has 0 radical (unpaired) electrons. The lowest BCUT2D eigenvalue weighted by molar-refractivity contribution is -0.384. The van der Waals surface area contributed by atoms with Crippen LogP contribution >= 0.6 is 0 Å². The number of carbonyl (C=O) groups is 2. The van der Waals surface area contributed by atoms with Gasteiger partial charge in [-0.1, -0.05) is 0 Å². The van der Waals surface area contributed by atoms with E-state index >= 15 is 0 Å². The number of benzene rings is 1. The summed E-state index contributed by atoms with van der Waals surface area (Å²) in [6.45, 7) is 4.21. The summed E-state index contributed by atoms with van der Waals surface area (Å²) in [5.41, 5.74) is 0.745. The number of hydrogen-bond donors (Lipinski definition) is 1. The van der Waals surface area contributed by atoms with Crippen LogP contribution in [0.4, 0.5) is 11.4 Å². The van der Waals surface area contributed by atoms with E-state index in [2.05, 4.69) is 10.4 Å². The van der Waals surface area contributed by atoms with Gasteiger partial charge in [0, 0.05) is 37.3 Å². The van der Waals surface area contributed by atoms with Gasteiger partial charge in [-0.05, 0) is 19.1 Å². The highest BCUT2D eigenvalue weighted by Gasteiger charge is 2.26. The molecule has 1 aliphatic heterocycles. The van der Waals surface area contributed by atoms with E-state index in [-0.39, 0.29) is 17.2 Å². The summed E-state index contributed by atoms with van der Waals surface area (Å²) in [5, 5.41) is 17.6. The van der Waals surface area contributed by atoms with Crippen molar-refractivity contribution in [1.82, 2.24) is 14.7 Å². The Kier molecular flexibility index (Phi) is 5.46. The van der Waals surface area contributed by atoms with Crippen LogP contribution in [0, 0.1) is 10.1 Å². The van der Waals surface area contributed by atoms with Crippen LogP contribution in [-0.4, -0.2) is 57.7 Å². The van der Waals surface area contributed by atoms with Crippen LogP contribution in [0.25, 0.3) is 0 Å². The first-order valence-corrected chi connectivity index (χ1v) is 8.50. The number of morpholine rings is 1. The first kappa shape index (κ1) is 18.5. The number of ether oxygens (including phenoxy) is 1. The third kappa shape index (κ3) is 3.95. The number of amides is 2. The molecule has 1 fully saturated rings. The van der Waals surface area contributed by atoms with E-state index in [4.69, 9.17) is 4.74 Å². The van der Waals surface area contributed by atoms with E-state index in [1.807, 2.05) is 6.92 Å². The number of nitro benzene ring substituents is 1. The van der Waals surface area contributed by atoms with Gasteiger partial charge in [-0.25, -0.2) is 0 Å². The Labute approximate surface area is 154 Å². The van der Waals surface area contributed by atoms with Gasteiger partial charge in [0.15, 0.2) is 0 Å². The van der Waals surface area contributed by atoms with E-state index in [1.54, 1.807) is 4.90 Å². The van der Waals surface area contributed by atoms with Crippen molar-refractivity contribution in [3.8, 4) is 0 Å². The van der Waals surface area contributed by atoms with Crippen molar-refractivity contribution in [2.45, 2.75) is 13.5 Å². The molecule has 0 atom stereocenters. The molecule has 1 saturated heterocycles. The average molecular weight is 373 g/mol. The van der Waals surface area contributed by atoms with Gasteiger partial charge in [0.05, 0.1) is 30.0 Å². The zero-order chi connectivity index (χ0) is 19.4. The second-order valence-electron chi connectivity index (χ2n) is 5.89. The van der Waals surface area contributed by atoms with Crippen LogP contribution in [0.15, 0.2) is 30.5 Å². The van der Waals surface area contributed by atoms with Gasteiger partial charge in [-0.2, -0.15) is 5.10 Å². The molecule has 0 bridgehead atoms. The minimum absolute atomic E-state index is 0.103. The largest absolute Gasteiger partial charge is 0.378 e. The minimum Gasteiger partial charge on any atom is -0.378 e. The van der Waals surface area contributed by atoms with Gasteiger partial charge in [-0.15, -0.1) is 0 Å². The van der Waals surface area contributed by atoms with Gasteiger partial charge < -0.3 is 15.0 Å². The third-order valence-electron chi connectivity index (χ3n) is 4.23.